The van der Waals surface area contributed by atoms with Crippen LogP contribution in [0.5, 0.6) is 6.01 Å². The van der Waals surface area contributed by atoms with E-state index in [1.165, 1.54) is 12.1 Å². The van der Waals surface area contributed by atoms with Gasteiger partial charge in [-0.3, -0.25) is 13.5 Å². The highest BCUT2D eigenvalue weighted by atomic mass is 32.2. The zero-order chi connectivity index (χ0) is 17.5. The van der Waals surface area contributed by atoms with Crippen LogP contribution in [0.3, 0.4) is 0 Å². The second kappa shape index (κ2) is 5.91. The summed E-state index contributed by atoms with van der Waals surface area (Å²) in [5, 5.41) is 0. The van der Waals surface area contributed by atoms with Gasteiger partial charge in [0.2, 0.25) is 0 Å². The van der Waals surface area contributed by atoms with E-state index >= 15 is 0 Å². The lowest BCUT2D eigenvalue weighted by Crippen LogP contribution is -2.25. The van der Waals surface area contributed by atoms with Crippen molar-refractivity contribution in [2.75, 3.05) is 6.61 Å². The zero-order valence-electron chi connectivity index (χ0n) is 13.2. The van der Waals surface area contributed by atoms with E-state index in [1.807, 2.05) is 6.92 Å². The fourth-order valence-corrected chi connectivity index (χ4v) is 3.40. The summed E-state index contributed by atoms with van der Waals surface area (Å²) in [6, 6.07) is 6.63. The Morgan fingerprint density at radius 2 is 2.04 bits per heavy atom. The maximum atomic E-state index is 12.2. The molecule has 2 aromatic rings. The van der Waals surface area contributed by atoms with Gasteiger partial charge in [0.25, 0.3) is 22.0 Å². The molecule has 9 heteroatoms. The quantitative estimate of drug-likeness (QED) is 0.796. The highest BCUT2D eigenvalue weighted by Gasteiger charge is 2.30. The van der Waals surface area contributed by atoms with Crippen molar-refractivity contribution in [3.8, 4) is 6.01 Å². The summed E-state index contributed by atoms with van der Waals surface area (Å²) in [6.45, 7) is 3.76. The number of amides is 1. The van der Waals surface area contributed by atoms with Crippen LogP contribution in [0.4, 0.5) is 0 Å². The molecule has 0 fully saturated rings. The molecule has 1 unspecified atom stereocenters. The zero-order valence-corrected chi connectivity index (χ0v) is 14.0. The standard InChI is InChI=1S/C15H17N3O5S/c1-9-3-5-12(6-4-9)24(20,21)22-8-11-7-18-10(2)13(14(16)19)17-15(18)23-11/h3-6,11H,7-8H2,1-2H3,(H2,16,19). The number of nitrogens with two attached hydrogens (primary N) is 1. The molecule has 1 aromatic carbocycles. The van der Waals surface area contributed by atoms with Crippen molar-refractivity contribution in [2.45, 2.75) is 31.4 Å². The first-order chi connectivity index (χ1) is 11.3. The molecule has 0 aliphatic carbocycles. The lowest BCUT2D eigenvalue weighted by Gasteiger charge is -2.11. The summed E-state index contributed by atoms with van der Waals surface area (Å²) >= 11 is 0. The van der Waals surface area contributed by atoms with Crippen LogP contribution >= 0.6 is 0 Å². The Morgan fingerprint density at radius 1 is 1.38 bits per heavy atom. The number of carbonyl (C=O) groups excluding carboxylic acids is 1. The Morgan fingerprint density at radius 3 is 2.62 bits per heavy atom. The van der Waals surface area contributed by atoms with Gasteiger partial charge in [-0.05, 0) is 26.0 Å². The first-order valence-electron chi connectivity index (χ1n) is 7.27. The molecule has 2 N–H and O–H groups in total. The van der Waals surface area contributed by atoms with Crippen LogP contribution in [-0.2, 0) is 20.8 Å². The lowest BCUT2D eigenvalue weighted by molar-refractivity contribution is 0.0992. The Hall–Kier alpha value is -2.39. The third kappa shape index (κ3) is 3.00. The normalized spacial score (nSPS) is 16.7. The molecule has 3 rings (SSSR count). The van der Waals surface area contributed by atoms with Gasteiger partial charge in [-0.15, -0.1) is 0 Å². The fraction of sp³-hybridized carbons (Fsp3) is 0.333. The summed E-state index contributed by atoms with van der Waals surface area (Å²) < 4.78 is 36.6. The largest absolute Gasteiger partial charge is 0.457 e. The number of benzene rings is 1. The van der Waals surface area contributed by atoms with Crippen molar-refractivity contribution in [3.63, 3.8) is 0 Å². The molecular formula is C15H17N3O5S. The number of primary amides is 1. The van der Waals surface area contributed by atoms with Crippen LogP contribution < -0.4 is 10.5 Å². The first kappa shape index (κ1) is 16.5. The number of aryl methyl sites for hydroxylation is 1. The number of aromatic nitrogens is 2. The molecule has 1 amide bonds. The molecule has 0 spiro atoms. The number of hydrogen-bond acceptors (Lipinski definition) is 6. The number of fused-ring (bicyclic) bond motifs is 1. The maximum Gasteiger partial charge on any atom is 0.297 e. The Labute approximate surface area is 139 Å². The molecule has 24 heavy (non-hydrogen) atoms. The molecule has 8 nitrogen and oxygen atoms in total. The average molecular weight is 351 g/mol. The van der Waals surface area contributed by atoms with Crippen molar-refractivity contribution in [3.05, 3.63) is 41.2 Å². The molecule has 0 radical (unpaired) electrons. The second-order valence-electron chi connectivity index (χ2n) is 5.59. The van der Waals surface area contributed by atoms with Gasteiger partial charge in [0.1, 0.15) is 12.7 Å². The van der Waals surface area contributed by atoms with E-state index in [0.29, 0.717) is 12.2 Å². The van der Waals surface area contributed by atoms with Gasteiger partial charge in [-0.25, -0.2) is 0 Å². The highest BCUT2D eigenvalue weighted by Crippen LogP contribution is 2.26. The van der Waals surface area contributed by atoms with Crippen LogP contribution in [0.2, 0.25) is 0 Å². The molecule has 1 atom stereocenters. The Bertz CT molecular complexity index is 887. The number of imidazole rings is 1. The molecule has 0 bridgehead atoms. The molecule has 128 valence electrons. The predicted octanol–water partition coefficient (Wildman–Crippen LogP) is 0.765. The van der Waals surface area contributed by atoms with Crippen molar-refractivity contribution in [1.82, 2.24) is 9.55 Å². The maximum absolute atomic E-state index is 12.2. The minimum Gasteiger partial charge on any atom is -0.457 e. The van der Waals surface area contributed by atoms with Gasteiger partial charge in [0.05, 0.1) is 17.1 Å². The molecule has 0 saturated heterocycles. The van der Waals surface area contributed by atoms with Crippen LogP contribution in [0, 0.1) is 13.8 Å². The SMILES string of the molecule is Cc1ccc(S(=O)(=O)OCC2Cn3c(nc(C(N)=O)c3C)O2)cc1. The van der Waals surface area contributed by atoms with E-state index in [4.69, 9.17) is 14.7 Å². The van der Waals surface area contributed by atoms with E-state index in [-0.39, 0.29) is 23.2 Å². The summed E-state index contributed by atoms with van der Waals surface area (Å²) in [4.78, 5) is 15.3. The summed E-state index contributed by atoms with van der Waals surface area (Å²) in [5.41, 5.74) is 6.92. The van der Waals surface area contributed by atoms with Crippen molar-refractivity contribution >= 4 is 16.0 Å². The molecule has 2 heterocycles. The van der Waals surface area contributed by atoms with E-state index in [0.717, 1.165) is 5.56 Å². The Balaban J connectivity index is 1.66. The number of ether oxygens (including phenoxy) is 1. The first-order valence-corrected chi connectivity index (χ1v) is 8.68. The predicted molar refractivity (Wildman–Crippen MR) is 84.2 cm³/mol. The highest BCUT2D eigenvalue weighted by molar-refractivity contribution is 7.86. The van der Waals surface area contributed by atoms with Gasteiger partial charge in [-0.2, -0.15) is 13.4 Å². The summed E-state index contributed by atoms with van der Waals surface area (Å²) in [7, 11) is -3.85. The third-order valence-corrected chi connectivity index (χ3v) is 5.09. The van der Waals surface area contributed by atoms with Crippen LogP contribution in [0.25, 0.3) is 0 Å². The third-order valence-electron chi connectivity index (χ3n) is 3.80. The molecule has 1 aliphatic heterocycles. The average Bonchev–Trinajstić information content (AvgIpc) is 3.05. The van der Waals surface area contributed by atoms with Crippen molar-refractivity contribution in [2.24, 2.45) is 5.73 Å². The number of nitrogens with zero attached hydrogens (tertiary/aromatic N) is 2. The van der Waals surface area contributed by atoms with E-state index in [2.05, 4.69) is 4.98 Å². The smallest absolute Gasteiger partial charge is 0.297 e. The number of hydrogen-bond donors (Lipinski definition) is 1. The molecule has 0 saturated carbocycles. The molecule has 1 aliphatic rings. The van der Waals surface area contributed by atoms with Crippen molar-refractivity contribution in [1.29, 1.82) is 0 Å². The van der Waals surface area contributed by atoms with E-state index in [9.17, 15) is 13.2 Å². The molecular weight excluding hydrogens is 334 g/mol. The van der Waals surface area contributed by atoms with Gasteiger partial charge in [-0.1, -0.05) is 17.7 Å². The fourth-order valence-electron chi connectivity index (χ4n) is 2.46. The Kier molecular flexibility index (Phi) is 4.06. The second-order valence-corrected chi connectivity index (χ2v) is 7.21. The monoisotopic (exact) mass is 351 g/mol. The number of rotatable bonds is 5. The topological polar surface area (TPSA) is 114 Å². The molecule has 1 aromatic heterocycles. The summed E-state index contributed by atoms with van der Waals surface area (Å²) in [6.07, 6.45) is -0.506. The summed E-state index contributed by atoms with van der Waals surface area (Å²) in [5.74, 6) is -0.632. The van der Waals surface area contributed by atoms with Gasteiger partial charge in [0, 0.05) is 0 Å². The van der Waals surface area contributed by atoms with E-state index < -0.39 is 22.1 Å². The van der Waals surface area contributed by atoms with Gasteiger partial charge in [0.15, 0.2) is 5.69 Å². The number of carbonyl (C=O) groups is 1. The van der Waals surface area contributed by atoms with Crippen molar-refractivity contribution < 1.29 is 22.1 Å². The van der Waals surface area contributed by atoms with Gasteiger partial charge < -0.3 is 10.5 Å². The van der Waals surface area contributed by atoms with Crippen LogP contribution in [-0.4, -0.2) is 36.6 Å². The lowest BCUT2D eigenvalue weighted by atomic mass is 10.2. The van der Waals surface area contributed by atoms with Crippen LogP contribution in [0.1, 0.15) is 21.7 Å². The van der Waals surface area contributed by atoms with Crippen LogP contribution in [0.15, 0.2) is 29.2 Å². The van der Waals surface area contributed by atoms with E-state index in [1.54, 1.807) is 23.6 Å². The van der Waals surface area contributed by atoms with Gasteiger partial charge >= 0.3 is 0 Å². The minimum atomic E-state index is -3.85. The minimum absolute atomic E-state index is 0.0935.